The third-order valence-electron chi connectivity index (χ3n) is 2.63. The van der Waals surface area contributed by atoms with Crippen LogP contribution in [-0.4, -0.2) is 30.6 Å². The second-order valence-electron chi connectivity index (χ2n) is 3.73. The van der Waals surface area contributed by atoms with Gasteiger partial charge in [-0.2, -0.15) is 0 Å². The quantitative estimate of drug-likeness (QED) is 0.606. The molecule has 0 bridgehead atoms. The highest BCUT2D eigenvalue weighted by atomic mass is 16.5. The van der Waals surface area contributed by atoms with Crippen molar-refractivity contribution in [2.24, 2.45) is 5.92 Å². The van der Waals surface area contributed by atoms with Crippen molar-refractivity contribution in [2.45, 2.75) is 25.4 Å². The molecule has 0 aromatic heterocycles. The number of ether oxygens (including phenoxy) is 1. The van der Waals surface area contributed by atoms with Gasteiger partial charge in [0.15, 0.2) is 0 Å². The highest BCUT2D eigenvalue weighted by molar-refractivity contribution is 6.16. The molecule has 0 aromatic rings. The zero-order valence-corrected chi connectivity index (χ0v) is 8.12. The number of nitrogens with one attached hydrogen (secondary N) is 2. The molecule has 15 heavy (non-hydrogen) atoms. The molecule has 2 N–H and O–H groups in total. The van der Waals surface area contributed by atoms with Crippen LogP contribution in [0.25, 0.3) is 0 Å². The van der Waals surface area contributed by atoms with Gasteiger partial charge in [0, 0.05) is 6.61 Å². The second kappa shape index (κ2) is 3.98. The van der Waals surface area contributed by atoms with Crippen LogP contribution in [-0.2, 0) is 14.3 Å². The lowest BCUT2D eigenvalue weighted by molar-refractivity contribution is -0.137. The smallest absolute Gasteiger partial charge is 0.328 e. The van der Waals surface area contributed by atoms with Crippen molar-refractivity contribution in [1.82, 2.24) is 10.6 Å². The number of imide groups is 2. The van der Waals surface area contributed by atoms with Crippen molar-refractivity contribution >= 4 is 17.8 Å². The standard InChI is InChI=1S/C9H12N2O4/c12-7-6(4-5-2-1-3-15-5)8(13)11-9(14)10-7/h5-6H,1-4H2,(H2,10,11,12,13,14). The van der Waals surface area contributed by atoms with Crippen molar-refractivity contribution in [1.29, 1.82) is 0 Å². The fraction of sp³-hybridized carbons (Fsp3) is 0.667. The van der Waals surface area contributed by atoms with E-state index in [0.29, 0.717) is 13.0 Å². The molecule has 0 radical (unpaired) electrons. The first-order valence-corrected chi connectivity index (χ1v) is 4.94. The molecule has 6 nitrogen and oxygen atoms in total. The van der Waals surface area contributed by atoms with E-state index in [2.05, 4.69) is 10.6 Å². The maximum absolute atomic E-state index is 11.4. The summed E-state index contributed by atoms with van der Waals surface area (Å²) in [5.74, 6) is -1.86. The molecule has 0 saturated carbocycles. The summed E-state index contributed by atoms with van der Waals surface area (Å²) in [5.41, 5.74) is 0. The molecule has 2 aliphatic rings. The van der Waals surface area contributed by atoms with Gasteiger partial charge in [0.05, 0.1) is 6.10 Å². The van der Waals surface area contributed by atoms with Gasteiger partial charge in [0.2, 0.25) is 11.8 Å². The van der Waals surface area contributed by atoms with Crippen molar-refractivity contribution in [2.75, 3.05) is 6.61 Å². The molecule has 0 aromatic carbocycles. The Labute approximate surface area is 86.3 Å². The van der Waals surface area contributed by atoms with E-state index < -0.39 is 23.8 Å². The Hall–Kier alpha value is -1.43. The van der Waals surface area contributed by atoms with E-state index in [1.54, 1.807) is 0 Å². The number of barbiturate groups is 1. The number of amides is 4. The number of carbonyl (C=O) groups excluding carboxylic acids is 3. The molecule has 1 atom stereocenters. The molecule has 1 unspecified atom stereocenters. The van der Waals surface area contributed by atoms with Gasteiger partial charge >= 0.3 is 6.03 Å². The lowest BCUT2D eigenvalue weighted by Crippen LogP contribution is -2.56. The third-order valence-corrected chi connectivity index (χ3v) is 2.63. The summed E-state index contributed by atoms with van der Waals surface area (Å²) in [4.78, 5) is 33.5. The third kappa shape index (κ3) is 2.15. The zero-order chi connectivity index (χ0) is 10.8. The van der Waals surface area contributed by atoms with Gasteiger partial charge in [-0.3, -0.25) is 20.2 Å². The molecule has 2 saturated heterocycles. The average molecular weight is 212 g/mol. The van der Waals surface area contributed by atoms with Crippen LogP contribution in [0.1, 0.15) is 19.3 Å². The predicted molar refractivity (Wildman–Crippen MR) is 48.8 cm³/mol. The molecule has 82 valence electrons. The predicted octanol–water partition coefficient (Wildman–Crippen LogP) is -0.462. The van der Waals surface area contributed by atoms with Crippen LogP contribution in [0.4, 0.5) is 4.79 Å². The summed E-state index contributed by atoms with van der Waals surface area (Å²) in [5, 5.41) is 4.14. The number of hydrogen-bond acceptors (Lipinski definition) is 4. The number of carbonyl (C=O) groups is 3. The minimum atomic E-state index is -0.800. The summed E-state index contributed by atoms with van der Waals surface area (Å²) < 4.78 is 5.33. The molecular weight excluding hydrogens is 200 g/mol. The van der Waals surface area contributed by atoms with Crippen LogP contribution in [0.2, 0.25) is 0 Å². The van der Waals surface area contributed by atoms with Gasteiger partial charge in [0.1, 0.15) is 5.92 Å². The Morgan fingerprint density at radius 3 is 2.40 bits per heavy atom. The summed E-state index contributed by atoms with van der Waals surface area (Å²) in [6, 6.07) is -0.742. The largest absolute Gasteiger partial charge is 0.378 e. The van der Waals surface area contributed by atoms with Crippen LogP contribution >= 0.6 is 0 Å². The molecule has 2 rings (SSSR count). The molecule has 2 fully saturated rings. The van der Waals surface area contributed by atoms with Gasteiger partial charge in [-0.05, 0) is 19.3 Å². The lowest BCUT2D eigenvalue weighted by atomic mass is 9.97. The van der Waals surface area contributed by atoms with E-state index in [0.717, 1.165) is 12.8 Å². The maximum atomic E-state index is 11.4. The van der Waals surface area contributed by atoms with Gasteiger partial charge in [0.25, 0.3) is 0 Å². The summed E-state index contributed by atoms with van der Waals surface area (Å²) in [7, 11) is 0. The molecule has 0 aliphatic carbocycles. The fourth-order valence-corrected chi connectivity index (χ4v) is 1.86. The molecule has 2 aliphatic heterocycles. The molecule has 6 heteroatoms. The van der Waals surface area contributed by atoms with Crippen LogP contribution in [0.3, 0.4) is 0 Å². The van der Waals surface area contributed by atoms with E-state index in [1.165, 1.54) is 0 Å². The Morgan fingerprint density at radius 1 is 1.20 bits per heavy atom. The highest BCUT2D eigenvalue weighted by Crippen LogP contribution is 2.21. The van der Waals surface area contributed by atoms with Crippen LogP contribution in [0, 0.1) is 5.92 Å². The summed E-state index contributed by atoms with van der Waals surface area (Å²) in [6.07, 6.45) is 2.13. The number of rotatable bonds is 2. The van der Waals surface area contributed by atoms with Gasteiger partial charge in [-0.25, -0.2) is 4.79 Å². The van der Waals surface area contributed by atoms with Crippen molar-refractivity contribution < 1.29 is 19.1 Å². The normalized spacial score (nSPS) is 27.7. The van der Waals surface area contributed by atoms with Crippen molar-refractivity contribution in [3.05, 3.63) is 0 Å². The first-order valence-electron chi connectivity index (χ1n) is 4.94. The summed E-state index contributed by atoms with van der Waals surface area (Å²) in [6.45, 7) is 0.680. The monoisotopic (exact) mass is 212 g/mol. The Bertz CT molecular complexity index is 289. The lowest BCUT2D eigenvalue weighted by Gasteiger charge is -2.22. The zero-order valence-electron chi connectivity index (χ0n) is 8.12. The fourth-order valence-electron chi connectivity index (χ4n) is 1.86. The van der Waals surface area contributed by atoms with E-state index in [4.69, 9.17) is 4.74 Å². The Kier molecular flexibility index (Phi) is 2.68. The van der Waals surface area contributed by atoms with Crippen LogP contribution in [0.15, 0.2) is 0 Å². The van der Waals surface area contributed by atoms with Gasteiger partial charge in [-0.15, -0.1) is 0 Å². The maximum Gasteiger partial charge on any atom is 0.328 e. The van der Waals surface area contributed by atoms with E-state index in [1.807, 2.05) is 0 Å². The Balaban J connectivity index is 1.97. The molecule has 0 spiro atoms. The minimum Gasteiger partial charge on any atom is -0.378 e. The van der Waals surface area contributed by atoms with E-state index in [9.17, 15) is 14.4 Å². The molecule has 2 heterocycles. The van der Waals surface area contributed by atoms with E-state index >= 15 is 0 Å². The second-order valence-corrected chi connectivity index (χ2v) is 3.73. The molecular formula is C9H12N2O4. The van der Waals surface area contributed by atoms with E-state index in [-0.39, 0.29) is 6.10 Å². The Morgan fingerprint density at radius 2 is 1.87 bits per heavy atom. The minimum absolute atomic E-state index is 0.0419. The van der Waals surface area contributed by atoms with Crippen LogP contribution < -0.4 is 10.6 Å². The van der Waals surface area contributed by atoms with Crippen molar-refractivity contribution in [3.63, 3.8) is 0 Å². The molecule has 4 amide bonds. The SMILES string of the molecule is O=C1NC(=O)C(CC2CCCO2)C(=O)N1. The average Bonchev–Trinajstić information content (AvgIpc) is 2.63. The van der Waals surface area contributed by atoms with Gasteiger partial charge in [-0.1, -0.05) is 0 Å². The van der Waals surface area contributed by atoms with Gasteiger partial charge < -0.3 is 4.74 Å². The number of hydrogen-bond donors (Lipinski definition) is 2. The highest BCUT2D eigenvalue weighted by Gasteiger charge is 2.36. The van der Waals surface area contributed by atoms with Crippen LogP contribution in [0.5, 0.6) is 0 Å². The topological polar surface area (TPSA) is 84.5 Å². The number of urea groups is 1. The first kappa shape index (κ1) is 10.1. The van der Waals surface area contributed by atoms with Crippen molar-refractivity contribution in [3.8, 4) is 0 Å². The first-order chi connectivity index (χ1) is 7.16. The summed E-state index contributed by atoms with van der Waals surface area (Å²) >= 11 is 0.